The minimum atomic E-state index is -0.288. The molecule has 1 N–H and O–H groups in total. The first-order chi connectivity index (χ1) is 13.9. The highest BCUT2D eigenvalue weighted by atomic mass is 35.5. The fourth-order valence-corrected chi connectivity index (χ4v) is 4.34. The number of carbonyl (C=O) groups excluding carboxylic acids is 1. The minimum absolute atomic E-state index is 0.00268. The van der Waals surface area contributed by atoms with E-state index >= 15 is 0 Å². The predicted octanol–water partition coefficient (Wildman–Crippen LogP) is 4.05. The van der Waals surface area contributed by atoms with Gasteiger partial charge in [-0.25, -0.2) is 0 Å². The van der Waals surface area contributed by atoms with E-state index in [-0.39, 0.29) is 11.5 Å². The van der Waals surface area contributed by atoms with Crippen LogP contribution in [0.25, 0.3) is 6.08 Å². The second-order valence-corrected chi connectivity index (χ2v) is 8.30. The molecule has 3 heterocycles. The first kappa shape index (κ1) is 20.0. The molecule has 0 aliphatic carbocycles. The third kappa shape index (κ3) is 4.05. The Balaban J connectivity index is 1.34. The SMILES string of the molecule is CCn1nc(C)c(NC(=O)CN2CCC3(C=Cc4cc(Cl)ccc4O3)CC2)c1C. The van der Waals surface area contributed by atoms with Gasteiger partial charge < -0.3 is 10.1 Å². The van der Waals surface area contributed by atoms with Crippen molar-refractivity contribution in [1.29, 1.82) is 0 Å². The van der Waals surface area contributed by atoms with Crippen LogP contribution in [0.4, 0.5) is 5.69 Å². The highest BCUT2D eigenvalue weighted by Gasteiger charge is 2.37. The summed E-state index contributed by atoms with van der Waals surface area (Å²) in [6.07, 6.45) is 5.95. The van der Waals surface area contributed by atoms with Crippen molar-refractivity contribution in [1.82, 2.24) is 14.7 Å². The van der Waals surface area contributed by atoms with Gasteiger partial charge in [0.05, 0.1) is 23.6 Å². The number of hydrogen-bond acceptors (Lipinski definition) is 4. The lowest BCUT2D eigenvalue weighted by Gasteiger charge is -2.41. The van der Waals surface area contributed by atoms with Gasteiger partial charge in [0.2, 0.25) is 5.91 Å². The van der Waals surface area contributed by atoms with E-state index in [1.54, 1.807) is 0 Å². The number of likely N-dealkylation sites (tertiary alicyclic amines) is 1. The summed E-state index contributed by atoms with van der Waals surface area (Å²) in [5.74, 6) is 0.880. The van der Waals surface area contributed by atoms with E-state index < -0.39 is 0 Å². The molecule has 1 saturated heterocycles. The van der Waals surface area contributed by atoms with Crippen LogP contribution in [0.2, 0.25) is 5.02 Å². The fraction of sp³-hybridized carbons (Fsp3) is 0.455. The van der Waals surface area contributed by atoms with Crippen molar-refractivity contribution in [3.8, 4) is 5.75 Å². The van der Waals surface area contributed by atoms with Crippen LogP contribution in [0, 0.1) is 13.8 Å². The number of aryl methyl sites for hydroxylation is 2. The third-order valence-electron chi connectivity index (χ3n) is 5.87. The summed E-state index contributed by atoms with van der Waals surface area (Å²) < 4.78 is 8.24. The van der Waals surface area contributed by atoms with Crippen LogP contribution in [-0.4, -0.2) is 45.8 Å². The molecule has 1 aromatic carbocycles. The Hall–Kier alpha value is -2.31. The van der Waals surface area contributed by atoms with Crippen molar-refractivity contribution in [3.63, 3.8) is 0 Å². The Morgan fingerprint density at radius 3 is 2.76 bits per heavy atom. The largest absolute Gasteiger partial charge is 0.482 e. The van der Waals surface area contributed by atoms with E-state index in [9.17, 15) is 4.79 Å². The molecule has 6 nitrogen and oxygen atoms in total. The predicted molar refractivity (Wildman–Crippen MR) is 116 cm³/mol. The Morgan fingerprint density at radius 2 is 2.07 bits per heavy atom. The maximum Gasteiger partial charge on any atom is 0.238 e. The maximum absolute atomic E-state index is 12.6. The van der Waals surface area contributed by atoms with Crippen LogP contribution in [0.5, 0.6) is 5.75 Å². The smallest absolute Gasteiger partial charge is 0.238 e. The van der Waals surface area contributed by atoms with Gasteiger partial charge in [-0.15, -0.1) is 0 Å². The molecule has 1 aromatic heterocycles. The number of benzene rings is 1. The minimum Gasteiger partial charge on any atom is -0.482 e. The zero-order valence-corrected chi connectivity index (χ0v) is 17.9. The zero-order valence-electron chi connectivity index (χ0n) is 17.2. The standard InChI is InChI=1S/C22H27ClN4O2/c1-4-27-16(3)21(15(2)25-27)24-20(28)14-26-11-9-22(10-12-26)8-7-17-13-18(23)5-6-19(17)29-22/h5-8,13H,4,9-12,14H2,1-3H3,(H,24,28). The van der Waals surface area contributed by atoms with Crippen LogP contribution in [0.3, 0.4) is 0 Å². The van der Waals surface area contributed by atoms with Gasteiger partial charge in [0.25, 0.3) is 0 Å². The molecule has 29 heavy (non-hydrogen) atoms. The average Bonchev–Trinajstić information content (AvgIpc) is 2.98. The number of halogens is 1. The van der Waals surface area contributed by atoms with Crippen molar-refractivity contribution < 1.29 is 9.53 Å². The monoisotopic (exact) mass is 414 g/mol. The number of fused-ring (bicyclic) bond motifs is 1. The second kappa shape index (κ2) is 7.84. The number of rotatable bonds is 4. The lowest BCUT2D eigenvalue weighted by atomic mass is 9.88. The highest BCUT2D eigenvalue weighted by Crippen LogP contribution is 2.38. The molecule has 0 radical (unpaired) electrons. The van der Waals surface area contributed by atoms with Crippen molar-refractivity contribution in [3.05, 3.63) is 46.2 Å². The number of anilines is 1. The Kier molecular flexibility index (Phi) is 5.40. The lowest BCUT2D eigenvalue weighted by Crippen LogP contribution is -2.49. The maximum atomic E-state index is 12.6. The molecule has 1 amide bonds. The number of hydrogen-bond donors (Lipinski definition) is 1. The van der Waals surface area contributed by atoms with Gasteiger partial charge in [0.1, 0.15) is 11.4 Å². The van der Waals surface area contributed by atoms with Gasteiger partial charge in [0.15, 0.2) is 0 Å². The van der Waals surface area contributed by atoms with Crippen molar-refractivity contribution in [2.75, 3.05) is 25.0 Å². The molecule has 2 aliphatic heterocycles. The van der Waals surface area contributed by atoms with E-state index in [1.165, 1.54) is 0 Å². The quantitative estimate of drug-likeness (QED) is 0.819. The second-order valence-electron chi connectivity index (χ2n) is 7.87. The number of amides is 1. The van der Waals surface area contributed by atoms with Gasteiger partial charge >= 0.3 is 0 Å². The summed E-state index contributed by atoms with van der Waals surface area (Å²) >= 11 is 6.07. The normalized spacial score (nSPS) is 17.8. The summed E-state index contributed by atoms with van der Waals surface area (Å²) in [6, 6.07) is 5.71. The van der Waals surface area contributed by atoms with Crippen molar-refractivity contribution in [2.45, 2.75) is 45.8 Å². The Morgan fingerprint density at radius 1 is 1.31 bits per heavy atom. The van der Waals surface area contributed by atoms with Crippen LogP contribution in [0.1, 0.15) is 36.7 Å². The molecule has 1 fully saturated rings. The number of carbonyl (C=O) groups is 1. The third-order valence-corrected chi connectivity index (χ3v) is 6.10. The number of ether oxygens (including phenoxy) is 1. The molecular weight excluding hydrogens is 388 g/mol. The summed E-state index contributed by atoms with van der Waals surface area (Å²) in [7, 11) is 0. The van der Waals surface area contributed by atoms with Crippen LogP contribution in [-0.2, 0) is 11.3 Å². The van der Waals surface area contributed by atoms with E-state index in [0.29, 0.717) is 11.6 Å². The topological polar surface area (TPSA) is 59.4 Å². The van der Waals surface area contributed by atoms with E-state index in [1.807, 2.05) is 43.7 Å². The van der Waals surface area contributed by atoms with E-state index in [2.05, 4.69) is 27.5 Å². The number of aromatic nitrogens is 2. The molecule has 154 valence electrons. The Bertz CT molecular complexity index is 958. The highest BCUT2D eigenvalue weighted by molar-refractivity contribution is 6.30. The summed E-state index contributed by atoms with van der Waals surface area (Å²) in [6.45, 7) is 8.75. The molecule has 0 bridgehead atoms. The number of nitrogens with one attached hydrogen (secondary N) is 1. The number of nitrogens with zero attached hydrogens (tertiary/aromatic N) is 3. The van der Waals surface area contributed by atoms with Crippen LogP contribution >= 0.6 is 11.6 Å². The van der Waals surface area contributed by atoms with Crippen LogP contribution in [0.15, 0.2) is 24.3 Å². The van der Waals surface area contributed by atoms with Gasteiger partial charge in [-0.1, -0.05) is 17.7 Å². The van der Waals surface area contributed by atoms with E-state index in [4.69, 9.17) is 16.3 Å². The fourth-order valence-electron chi connectivity index (χ4n) is 4.16. The van der Waals surface area contributed by atoms with Gasteiger partial charge in [-0.2, -0.15) is 5.10 Å². The lowest BCUT2D eigenvalue weighted by molar-refractivity contribution is -0.118. The molecule has 0 unspecified atom stereocenters. The first-order valence-corrected chi connectivity index (χ1v) is 10.5. The molecule has 0 atom stereocenters. The summed E-state index contributed by atoms with van der Waals surface area (Å²) in [4.78, 5) is 14.8. The molecular formula is C22H27ClN4O2. The van der Waals surface area contributed by atoms with Crippen molar-refractivity contribution >= 4 is 29.3 Å². The van der Waals surface area contributed by atoms with E-state index in [0.717, 1.165) is 60.9 Å². The average molecular weight is 415 g/mol. The first-order valence-electron chi connectivity index (χ1n) is 10.1. The van der Waals surface area contributed by atoms with Crippen LogP contribution < -0.4 is 10.1 Å². The zero-order chi connectivity index (χ0) is 20.6. The number of piperidine rings is 1. The molecule has 2 aromatic rings. The molecule has 7 heteroatoms. The van der Waals surface area contributed by atoms with Crippen molar-refractivity contribution in [2.24, 2.45) is 0 Å². The van der Waals surface area contributed by atoms with Gasteiger partial charge in [-0.05, 0) is 45.0 Å². The summed E-state index contributed by atoms with van der Waals surface area (Å²) in [5.41, 5.74) is 3.41. The molecule has 2 aliphatic rings. The summed E-state index contributed by atoms with van der Waals surface area (Å²) in [5, 5.41) is 8.23. The molecule has 1 spiro atoms. The Labute approximate surface area is 176 Å². The van der Waals surface area contributed by atoms with Gasteiger partial charge in [-0.3, -0.25) is 14.4 Å². The van der Waals surface area contributed by atoms with Gasteiger partial charge in [0, 0.05) is 43.1 Å². The molecule has 0 saturated carbocycles. The molecule has 4 rings (SSSR count).